The number of aromatic nitrogens is 1. The molecule has 78 valence electrons. The van der Waals surface area contributed by atoms with Gasteiger partial charge in [-0.25, -0.2) is 0 Å². The second kappa shape index (κ2) is 3.87. The van der Waals surface area contributed by atoms with E-state index in [4.69, 9.17) is 11.5 Å². The molecule has 0 aromatic carbocycles. The molecule has 0 fully saturated rings. The van der Waals surface area contributed by atoms with Crippen molar-refractivity contribution in [3.63, 3.8) is 0 Å². The van der Waals surface area contributed by atoms with E-state index >= 15 is 0 Å². The number of hydrogen-bond donors (Lipinski definition) is 2. The van der Waals surface area contributed by atoms with E-state index in [-0.39, 0.29) is 5.54 Å². The Kier molecular flexibility index (Phi) is 2.56. The van der Waals surface area contributed by atoms with Crippen molar-refractivity contribution in [2.24, 2.45) is 11.5 Å². The molecule has 1 atom stereocenters. The first kappa shape index (κ1) is 9.93. The standard InChI is InChI=1S/C12H15N3/c13-11-4-1-5-12(14,8-11)7-10-3-2-6-15-9-10/h1-6,9H,7-8,13-14H2. The van der Waals surface area contributed by atoms with Gasteiger partial charge in [0.15, 0.2) is 0 Å². The van der Waals surface area contributed by atoms with Crippen LogP contribution in [-0.4, -0.2) is 10.5 Å². The second-order valence-electron chi connectivity index (χ2n) is 4.05. The molecular weight excluding hydrogens is 186 g/mol. The molecule has 0 spiro atoms. The predicted molar refractivity (Wildman–Crippen MR) is 60.9 cm³/mol. The molecular formula is C12H15N3. The van der Waals surface area contributed by atoms with Gasteiger partial charge in [0.05, 0.1) is 0 Å². The van der Waals surface area contributed by atoms with Crippen molar-refractivity contribution in [1.29, 1.82) is 0 Å². The summed E-state index contributed by atoms with van der Waals surface area (Å²) in [6.45, 7) is 0. The van der Waals surface area contributed by atoms with Crippen molar-refractivity contribution >= 4 is 0 Å². The summed E-state index contributed by atoms with van der Waals surface area (Å²) in [5.41, 5.74) is 13.6. The highest BCUT2D eigenvalue weighted by molar-refractivity contribution is 5.28. The molecule has 1 aliphatic carbocycles. The highest BCUT2D eigenvalue weighted by atomic mass is 14.8. The van der Waals surface area contributed by atoms with Crippen molar-refractivity contribution in [3.8, 4) is 0 Å². The zero-order chi connectivity index (χ0) is 10.7. The largest absolute Gasteiger partial charge is 0.402 e. The van der Waals surface area contributed by atoms with Gasteiger partial charge in [-0.15, -0.1) is 0 Å². The fraction of sp³-hybridized carbons (Fsp3) is 0.250. The molecule has 2 rings (SSSR count). The second-order valence-corrected chi connectivity index (χ2v) is 4.05. The molecule has 0 saturated carbocycles. The molecule has 0 bridgehead atoms. The van der Waals surface area contributed by atoms with E-state index < -0.39 is 0 Å². The third kappa shape index (κ3) is 2.44. The lowest BCUT2D eigenvalue weighted by Gasteiger charge is -2.28. The number of rotatable bonds is 2. The minimum absolute atomic E-state index is 0.359. The summed E-state index contributed by atoms with van der Waals surface area (Å²) in [4.78, 5) is 4.07. The topological polar surface area (TPSA) is 64.9 Å². The summed E-state index contributed by atoms with van der Waals surface area (Å²) in [5, 5.41) is 0. The zero-order valence-corrected chi connectivity index (χ0v) is 8.56. The number of allylic oxidation sites excluding steroid dienone is 2. The third-order valence-electron chi connectivity index (χ3n) is 2.53. The van der Waals surface area contributed by atoms with Crippen LogP contribution < -0.4 is 11.5 Å². The van der Waals surface area contributed by atoms with Gasteiger partial charge in [0.1, 0.15) is 0 Å². The zero-order valence-electron chi connectivity index (χ0n) is 8.56. The molecule has 1 unspecified atom stereocenters. The average molecular weight is 201 g/mol. The Morgan fingerprint density at radius 2 is 2.33 bits per heavy atom. The van der Waals surface area contributed by atoms with Crippen LogP contribution in [0.25, 0.3) is 0 Å². The molecule has 3 heteroatoms. The molecule has 1 aromatic rings. The summed E-state index contributed by atoms with van der Waals surface area (Å²) in [7, 11) is 0. The first-order valence-electron chi connectivity index (χ1n) is 5.00. The van der Waals surface area contributed by atoms with E-state index in [1.54, 1.807) is 6.20 Å². The van der Waals surface area contributed by atoms with Crippen molar-refractivity contribution in [1.82, 2.24) is 4.98 Å². The fourth-order valence-electron chi connectivity index (χ4n) is 1.87. The lowest BCUT2D eigenvalue weighted by atomic mass is 9.85. The van der Waals surface area contributed by atoms with Crippen molar-refractivity contribution in [2.75, 3.05) is 0 Å². The summed E-state index contributed by atoms with van der Waals surface area (Å²) in [6, 6.07) is 3.95. The minimum Gasteiger partial charge on any atom is -0.402 e. The number of pyridine rings is 1. The van der Waals surface area contributed by atoms with E-state index in [0.717, 1.165) is 17.7 Å². The maximum atomic E-state index is 6.25. The van der Waals surface area contributed by atoms with Crippen molar-refractivity contribution in [3.05, 3.63) is 54.0 Å². The van der Waals surface area contributed by atoms with Crippen LogP contribution in [0, 0.1) is 0 Å². The molecule has 1 aromatic heterocycles. The predicted octanol–water partition coefficient (Wildman–Crippen LogP) is 1.12. The Morgan fingerprint density at radius 1 is 1.47 bits per heavy atom. The number of nitrogens with two attached hydrogens (primary N) is 2. The molecule has 0 radical (unpaired) electrons. The van der Waals surface area contributed by atoms with Gasteiger partial charge in [-0.3, -0.25) is 4.98 Å². The quantitative estimate of drug-likeness (QED) is 0.753. The Balaban J connectivity index is 2.13. The minimum atomic E-state index is -0.359. The van der Waals surface area contributed by atoms with Crippen LogP contribution in [0.2, 0.25) is 0 Å². The van der Waals surface area contributed by atoms with Gasteiger partial charge < -0.3 is 11.5 Å². The van der Waals surface area contributed by atoms with Gasteiger partial charge in [0.2, 0.25) is 0 Å². The van der Waals surface area contributed by atoms with Crippen molar-refractivity contribution in [2.45, 2.75) is 18.4 Å². The first-order chi connectivity index (χ1) is 7.18. The lowest BCUT2D eigenvalue weighted by molar-refractivity contribution is 0.511. The molecule has 0 saturated heterocycles. The van der Waals surface area contributed by atoms with E-state index in [1.165, 1.54) is 0 Å². The first-order valence-corrected chi connectivity index (χ1v) is 5.00. The maximum Gasteiger partial charge on any atom is 0.0438 e. The smallest absolute Gasteiger partial charge is 0.0438 e. The van der Waals surface area contributed by atoms with Gasteiger partial charge in [0, 0.05) is 30.1 Å². The number of hydrogen-bond acceptors (Lipinski definition) is 3. The highest BCUT2D eigenvalue weighted by Gasteiger charge is 2.24. The summed E-state index contributed by atoms with van der Waals surface area (Å²) in [6.07, 6.45) is 10.9. The Hall–Kier alpha value is -1.61. The van der Waals surface area contributed by atoms with Gasteiger partial charge in [-0.05, 0) is 24.1 Å². The van der Waals surface area contributed by atoms with Crippen molar-refractivity contribution < 1.29 is 0 Å². The molecule has 1 aliphatic rings. The van der Waals surface area contributed by atoms with Gasteiger partial charge in [0.25, 0.3) is 0 Å². The van der Waals surface area contributed by atoms with E-state index in [1.807, 2.05) is 36.6 Å². The molecule has 4 N–H and O–H groups in total. The van der Waals surface area contributed by atoms with Crippen LogP contribution in [0.3, 0.4) is 0 Å². The number of nitrogens with zero attached hydrogens (tertiary/aromatic N) is 1. The lowest BCUT2D eigenvalue weighted by Crippen LogP contribution is -2.42. The maximum absolute atomic E-state index is 6.25. The monoisotopic (exact) mass is 201 g/mol. The molecule has 3 nitrogen and oxygen atoms in total. The Morgan fingerprint density at radius 3 is 3.00 bits per heavy atom. The van der Waals surface area contributed by atoms with Crippen LogP contribution >= 0.6 is 0 Å². The molecule has 0 aliphatic heterocycles. The van der Waals surface area contributed by atoms with Crippen LogP contribution in [-0.2, 0) is 6.42 Å². The third-order valence-corrected chi connectivity index (χ3v) is 2.53. The van der Waals surface area contributed by atoms with Crippen LogP contribution in [0.15, 0.2) is 48.5 Å². The van der Waals surface area contributed by atoms with E-state index in [0.29, 0.717) is 6.42 Å². The summed E-state index contributed by atoms with van der Waals surface area (Å²) >= 11 is 0. The SMILES string of the molecule is NC1=CC=CC(N)(Cc2cccnc2)C1. The fourth-order valence-corrected chi connectivity index (χ4v) is 1.87. The Bertz CT molecular complexity index is 395. The summed E-state index contributed by atoms with van der Waals surface area (Å²) < 4.78 is 0. The molecule has 15 heavy (non-hydrogen) atoms. The van der Waals surface area contributed by atoms with Crippen LogP contribution in [0.4, 0.5) is 0 Å². The van der Waals surface area contributed by atoms with Gasteiger partial charge in [-0.1, -0.05) is 18.2 Å². The highest BCUT2D eigenvalue weighted by Crippen LogP contribution is 2.22. The van der Waals surface area contributed by atoms with Gasteiger partial charge >= 0.3 is 0 Å². The normalized spacial score (nSPS) is 25.0. The van der Waals surface area contributed by atoms with E-state index in [2.05, 4.69) is 4.98 Å². The van der Waals surface area contributed by atoms with Crippen LogP contribution in [0.1, 0.15) is 12.0 Å². The average Bonchev–Trinajstić information content (AvgIpc) is 2.18. The molecule has 1 heterocycles. The Labute approximate surface area is 89.5 Å². The van der Waals surface area contributed by atoms with E-state index in [9.17, 15) is 0 Å². The molecule has 0 amide bonds. The van der Waals surface area contributed by atoms with Crippen LogP contribution in [0.5, 0.6) is 0 Å². The van der Waals surface area contributed by atoms with Gasteiger partial charge in [-0.2, -0.15) is 0 Å². The summed E-state index contributed by atoms with van der Waals surface area (Å²) in [5.74, 6) is 0.